The van der Waals surface area contributed by atoms with Crippen molar-refractivity contribution < 1.29 is 20.1 Å². The molecule has 3 N–H and O–H groups in total. The lowest BCUT2D eigenvalue weighted by atomic mass is 9.73. The van der Waals surface area contributed by atoms with Gasteiger partial charge in [0.2, 0.25) is 0 Å². The molecule has 1 heterocycles. The van der Waals surface area contributed by atoms with E-state index in [1.165, 1.54) is 12.8 Å². The minimum absolute atomic E-state index is 0.127. The van der Waals surface area contributed by atoms with E-state index in [4.69, 9.17) is 4.74 Å². The van der Waals surface area contributed by atoms with Gasteiger partial charge in [0.05, 0.1) is 6.61 Å². The second kappa shape index (κ2) is 12.0. The third kappa shape index (κ3) is 5.74. The van der Waals surface area contributed by atoms with Crippen molar-refractivity contribution in [2.45, 2.75) is 31.7 Å². The molecule has 3 unspecified atom stereocenters. The van der Waals surface area contributed by atoms with Gasteiger partial charge in [-0.25, -0.2) is 0 Å². The molecule has 1 saturated heterocycles. The van der Waals surface area contributed by atoms with Crippen LogP contribution >= 0.6 is 0 Å². The van der Waals surface area contributed by atoms with Crippen molar-refractivity contribution in [2.75, 3.05) is 32.9 Å². The summed E-state index contributed by atoms with van der Waals surface area (Å²) in [6.45, 7) is 2.87. The molecule has 3 aromatic carbocycles. The molecule has 0 spiro atoms. The van der Waals surface area contributed by atoms with Crippen molar-refractivity contribution >= 4 is 11.1 Å². The Kier molecular flexibility index (Phi) is 8.24. The molecule has 0 amide bonds. The molecule has 5 rings (SSSR count). The van der Waals surface area contributed by atoms with E-state index >= 15 is 0 Å². The van der Waals surface area contributed by atoms with Crippen LogP contribution in [0.1, 0.15) is 42.4 Å². The third-order valence-corrected chi connectivity index (χ3v) is 8.05. The molecule has 1 aliphatic heterocycles. The van der Waals surface area contributed by atoms with Crippen LogP contribution in [-0.2, 0) is 0 Å². The Morgan fingerprint density at radius 1 is 0.838 bits per heavy atom. The molecule has 5 heteroatoms. The van der Waals surface area contributed by atoms with Gasteiger partial charge in [-0.1, -0.05) is 54.6 Å². The van der Waals surface area contributed by atoms with Gasteiger partial charge in [-0.2, -0.15) is 0 Å². The van der Waals surface area contributed by atoms with Gasteiger partial charge in [0.15, 0.2) is 0 Å². The maximum absolute atomic E-state index is 9.89. The largest absolute Gasteiger partial charge is 0.508 e. The number of likely N-dealkylation sites (tertiary alicyclic amines) is 1. The Hall–Kier alpha value is -3.12. The summed E-state index contributed by atoms with van der Waals surface area (Å²) >= 11 is 0. The fourth-order valence-electron chi connectivity index (χ4n) is 5.99. The number of allylic oxidation sites excluding steroid dienone is 1. The predicted molar refractivity (Wildman–Crippen MR) is 147 cm³/mol. The van der Waals surface area contributed by atoms with Crippen molar-refractivity contribution in [1.29, 1.82) is 0 Å². The molecule has 0 radical (unpaired) electrons. The maximum Gasteiger partial charge on any atom is 0.119 e. The minimum Gasteiger partial charge on any atom is -0.508 e. The Morgan fingerprint density at radius 2 is 1.54 bits per heavy atom. The smallest absolute Gasteiger partial charge is 0.119 e. The molecule has 0 aromatic heterocycles. The van der Waals surface area contributed by atoms with Gasteiger partial charge in [0, 0.05) is 25.7 Å². The van der Waals surface area contributed by atoms with Crippen molar-refractivity contribution in [3.8, 4) is 11.5 Å². The lowest BCUT2D eigenvalue weighted by Crippen LogP contribution is -2.39. The van der Waals surface area contributed by atoms with E-state index in [1.807, 2.05) is 42.5 Å². The summed E-state index contributed by atoms with van der Waals surface area (Å²) in [7, 11) is 0. The van der Waals surface area contributed by atoms with Crippen LogP contribution in [0.15, 0.2) is 78.9 Å². The average Bonchev–Trinajstić information content (AvgIpc) is 3.16. The molecule has 2 aliphatic rings. The standard InChI is InChI=1S/C32H37NO4/c34-19-4-7-30(23-5-2-1-3-6-23)32(24-8-13-27(36)14-9-24)25-10-15-28(16-11-25)37-20-18-33-21-26-12-17-29(26)31(33)22-35/h1-3,5-6,8-11,13-16,26,29,31,34-36H,4,7,12,17-22H2/b32-30-. The van der Waals surface area contributed by atoms with Crippen LogP contribution in [0, 0.1) is 11.8 Å². The summed E-state index contributed by atoms with van der Waals surface area (Å²) in [5.74, 6) is 2.48. The lowest BCUT2D eigenvalue weighted by molar-refractivity contribution is 0.104. The van der Waals surface area contributed by atoms with Crippen molar-refractivity contribution in [2.24, 2.45) is 11.8 Å². The van der Waals surface area contributed by atoms with Crippen molar-refractivity contribution in [3.63, 3.8) is 0 Å². The summed E-state index contributed by atoms with van der Waals surface area (Å²) in [5, 5.41) is 29.3. The Balaban J connectivity index is 1.37. The highest BCUT2D eigenvalue weighted by molar-refractivity contribution is 5.98. The zero-order valence-corrected chi connectivity index (χ0v) is 21.3. The molecule has 2 fully saturated rings. The Morgan fingerprint density at radius 3 is 2.16 bits per heavy atom. The first-order chi connectivity index (χ1) is 18.2. The number of hydrogen-bond acceptors (Lipinski definition) is 5. The molecule has 1 saturated carbocycles. The molecule has 5 nitrogen and oxygen atoms in total. The second-order valence-electron chi connectivity index (χ2n) is 10.2. The van der Waals surface area contributed by atoms with Crippen LogP contribution < -0.4 is 4.74 Å². The SMILES string of the molecule is OCCC/C(=C(\c1ccc(O)cc1)c1ccc(OCCN2CC3CCC3C2CO)cc1)c1ccccc1. The van der Waals surface area contributed by atoms with Crippen LogP contribution in [0.25, 0.3) is 11.1 Å². The van der Waals surface area contributed by atoms with E-state index in [0.29, 0.717) is 18.9 Å². The fourth-order valence-corrected chi connectivity index (χ4v) is 5.99. The average molecular weight is 500 g/mol. The first-order valence-corrected chi connectivity index (χ1v) is 13.4. The first kappa shape index (κ1) is 25.5. The Bertz CT molecular complexity index is 1170. The van der Waals surface area contributed by atoms with E-state index < -0.39 is 0 Å². The number of hydrogen-bond donors (Lipinski definition) is 3. The highest BCUT2D eigenvalue weighted by Crippen LogP contribution is 2.44. The summed E-state index contributed by atoms with van der Waals surface area (Å²) in [4.78, 5) is 2.40. The van der Waals surface area contributed by atoms with Crippen molar-refractivity contribution in [1.82, 2.24) is 4.90 Å². The number of phenols is 1. The number of phenolic OH excluding ortho intramolecular Hbond substituents is 1. The molecule has 1 aliphatic carbocycles. The van der Waals surface area contributed by atoms with Gasteiger partial charge in [0.1, 0.15) is 18.1 Å². The Labute approximate surface area is 219 Å². The number of ether oxygens (including phenoxy) is 1. The van der Waals surface area contributed by atoms with Crippen LogP contribution in [0.5, 0.6) is 11.5 Å². The molecular weight excluding hydrogens is 462 g/mol. The molecule has 0 bridgehead atoms. The molecule has 37 heavy (non-hydrogen) atoms. The van der Waals surface area contributed by atoms with E-state index in [-0.39, 0.29) is 25.0 Å². The minimum atomic E-state index is 0.127. The monoisotopic (exact) mass is 499 g/mol. The van der Waals surface area contributed by atoms with Crippen LogP contribution in [-0.4, -0.2) is 59.2 Å². The van der Waals surface area contributed by atoms with Gasteiger partial charge in [-0.3, -0.25) is 4.90 Å². The maximum atomic E-state index is 9.89. The fraction of sp³-hybridized carbons (Fsp3) is 0.375. The molecule has 3 aromatic rings. The third-order valence-electron chi connectivity index (χ3n) is 8.05. The number of aliphatic hydroxyl groups excluding tert-OH is 2. The van der Waals surface area contributed by atoms with Gasteiger partial charge in [-0.05, 0) is 89.6 Å². The zero-order chi connectivity index (χ0) is 25.6. The number of nitrogens with zero attached hydrogens (tertiary/aromatic N) is 1. The van der Waals surface area contributed by atoms with Crippen LogP contribution in [0.3, 0.4) is 0 Å². The molecule has 3 atom stereocenters. The van der Waals surface area contributed by atoms with Gasteiger partial charge < -0.3 is 20.1 Å². The highest BCUT2D eigenvalue weighted by atomic mass is 16.5. The summed E-state index contributed by atoms with van der Waals surface area (Å²) in [6, 6.07) is 26.1. The molecular formula is C32H37NO4. The quantitative estimate of drug-likeness (QED) is 0.316. The van der Waals surface area contributed by atoms with Gasteiger partial charge in [-0.15, -0.1) is 0 Å². The van der Waals surface area contributed by atoms with Gasteiger partial charge in [0.25, 0.3) is 0 Å². The van der Waals surface area contributed by atoms with E-state index in [1.54, 1.807) is 12.1 Å². The van der Waals surface area contributed by atoms with Crippen LogP contribution in [0.2, 0.25) is 0 Å². The number of aromatic hydroxyl groups is 1. The number of rotatable bonds is 11. The zero-order valence-electron chi connectivity index (χ0n) is 21.3. The number of fused-ring (bicyclic) bond motifs is 1. The number of aliphatic hydroxyl groups is 2. The normalized spacial score (nSPS) is 21.7. The summed E-state index contributed by atoms with van der Waals surface area (Å²) < 4.78 is 6.11. The lowest BCUT2D eigenvalue weighted by Gasteiger charge is -2.33. The van der Waals surface area contributed by atoms with E-state index in [0.717, 1.165) is 59.0 Å². The topological polar surface area (TPSA) is 73.2 Å². The van der Waals surface area contributed by atoms with E-state index in [9.17, 15) is 15.3 Å². The number of benzene rings is 3. The van der Waals surface area contributed by atoms with Gasteiger partial charge >= 0.3 is 0 Å². The van der Waals surface area contributed by atoms with E-state index in [2.05, 4.69) is 29.2 Å². The molecule has 194 valence electrons. The first-order valence-electron chi connectivity index (χ1n) is 13.4. The van der Waals surface area contributed by atoms with Crippen LogP contribution in [0.4, 0.5) is 0 Å². The highest BCUT2D eigenvalue weighted by Gasteiger charge is 2.46. The second-order valence-corrected chi connectivity index (χ2v) is 10.2. The summed E-state index contributed by atoms with van der Waals surface area (Å²) in [6.07, 6.45) is 3.94. The summed E-state index contributed by atoms with van der Waals surface area (Å²) in [5.41, 5.74) is 5.45. The van der Waals surface area contributed by atoms with Crippen molar-refractivity contribution in [3.05, 3.63) is 95.6 Å². The predicted octanol–water partition coefficient (Wildman–Crippen LogP) is 5.21.